The van der Waals surface area contributed by atoms with Gasteiger partial charge in [-0.3, -0.25) is 14.5 Å². The fourth-order valence-electron chi connectivity index (χ4n) is 3.87. The molecule has 1 aromatic carbocycles. The molecule has 138 valence electrons. The van der Waals surface area contributed by atoms with Gasteiger partial charge < -0.3 is 14.8 Å². The zero-order chi connectivity index (χ0) is 18.1. The van der Waals surface area contributed by atoms with E-state index in [-0.39, 0.29) is 17.7 Å². The van der Waals surface area contributed by atoms with Crippen LogP contribution in [0.2, 0.25) is 0 Å². The first-order valence-corrected chi connectivity index (χ1v) is 9.30. The van der Waals surface area contributed by atoms with Gasteiger partial charge in [-0.2, -0.15) is 0 Å². The lowest BCUT2D eigenvalue weighted by molar-refractivity contribution is -0.139. The SMILES string of the molecule is Cn1c(CN2CCN(C(=O)C3CCC(=O)NC3)CC2)nc2ccccc21. The maximum atomic E-state index is 12.6. The Morgan fingerprint density at radius 1 is 1.23 bits per heavy atom. The number of rotatable bonds is 3. The first-order valence-electron chi connectivity index (χ1n) is 9.30. The third-order valence-electron chi connectivity index (χ3n) is 5.54. The van der Waals surface area contributed by atoms with Gasteiger partial charge in [0, 0.05) is 46.2 Å². The maximum Gasteiger partial charge on any atom is 0.227 e. The molecule has 3 heterocycles. The van der Waals surface area contributed by atoms with Crippen LogP contribution in [0.1, 0.15) is 18.7 Å². The zero-order valence-corrected chi connectivity index (χ0v) is 15.1. The average molecular weight is 355 g/mol. The lowest BCUT2D eigenvalue weighted by Crippen LogP contribution is -2.52. The number of imidazole rings is 1. The lowest BCUT2D eigenvalue weighted by Gasteiger charge is -2.37. The third-order valence-corrected chi connectivity index (χ3v) is 5.54. The van der Waals surface area contributed by atoms with Crippen molar-refractivity contribution in [3.63, 3.8) is 0 Å². The van der Waals surface area contributed by atoms with E-state index in [2.05, 4.69) is 27.9 Å². The monoisotopic (exact) mass is 355 g/mol. The highest BCUT2D eigenvalue weighted by Gasteiger charge is 2.30. The molecule has 7 nitrogen and oxygen atoms in total. The molecule has 2 aromatic rings. The minimum atomic E-state index is -0.0564. The van der Waals surface area contributed by atoms with Crippen molar-refractivity contribution in [3.8, 4) is 0 Å². The van der Waals surface area contributed by atoms with Gasteiger partial charge >= 0.3 is 0 Å². The summed E-state index contributed by atoms with van der Waals surface area (Å²) < 4.78 is 2.15. The highest BCUT2D eigenvalue weighted by atomic mass is 16.2. The quantitative estimate of drug-likeness (QED) is 0.882. The number of aryl methyl sites for hydroxylation is 1. The minimum absolute atomic E-state index is 0.0564. The van der Waals surface area contributed by atoms with Crippen molar-refractivity contribution >= 4 is 22.8 Å². The first-order chi connectivity index (χ1) is 12.6. The summed E-state index contributed by atoms with van der Waals surface area (Å²) in [5.41, 5.74) is 2.17. The van der Waals surface area contributed by atoms with Crippen LogP contribution in [0.3, 0.4) is 0 Å². The molecule has 2 fully saturated rings. The van der Waals surface area contributed by atoms with Gasteiger partial charge in [0.15, 0.2) is 0 Å². The molecule has 0 spiro atoms. The number of amides is 2. The molecule has 0 saturated carbocycles. The van der Waals surface area contributed by atoms with E-state index in [1.807, 2.05) is 23.1 Å². The fraction of sp³-hybridized carbons (Fsp3) is 0.526. The van der Waals surface area contributed by atoms with E-state index in [9.17, 15) is 9.59 Å². The molecule has 0 aliphatic carbocycles. The number of hydrogen-bond donors (Lipinski definition) is 1. The van der Waals surface area contributed by atoms with E-state index >= 15 is 0 Å². The molecule has 26 heavy (non-hydrogen) atoms. The molecule has 7 heteroatoms. The summed E-state index contributed by atoms with van der Waals surface area (Å²) in [6.45, 7) is 4.48. The van der Waals surface area contributed by atoms with Crippen molar-refractivity contribution in [1.29, 1.82) is 0 Å². The topological polar surface area (TPSA) is 70.5 Å². The Hall–Kier alpha value is -2.41. The van der Waals surface area contributed by atoms with Crippen molar-refractivity contribution in [1.82, 2.24) is 24.7 Å². The van der Waals surface area contributed by atoms with Crippen LogP contribution in [-0.2, 0) is 23.2 Å². The Morgan fingerprint density at radius 3 is 2.69 bits per heavy atom. The van der Waals surface area contributed by atoms with Crippen LogP contribution >= 0.6 is 0 Å². The molecule has 0 bridgehead atoms. The second-order valence-electron chi connectivity index (χ2n) is 7.22. The van der Waals surface area contributed by atoms with Gasteiger partial charge in [-0.05, 0) is 18.6 Å². The molecule has 2 amide bonds. The minimum Gasteiger partial charge on any atom is -0.355 e. The van der Waals surface area contributed by atoms with Gasteiger partial charge in [0.05, 0.1) is 23.5 Å². The van der Waals surface area contributed by atoms with Gasteiger partial charge in [-0.1, -0.05) is 12.1 Å². The van der Waals surface area contributed by atoms with Crippen LogP contribution < -0.4 is 5.32 Å². The standard InChI is InChI=1S/C19H25N5O2/c1-22-16-5-3-2-4-15(16)21-17(22)13-23-8-10-24(11-9-23)19(26)14-6-7-18(25)20-12-14/h2-5,14H,6-13H2,1H3,(H,20,25). The fourth-order valence-corrected chi connectivity index (χ4v) is 3.87. The number of carbonyl (C=O) groups is 2. The molecule has 1 aromatic heterocycles. The molecule has 2 saturated heterocycles. The summed E-state index contributed by atoms with van der Waals surface area (Å²) in [5.74, 6) is 1.24. The smallest absolute Gasteiger partial charge is 0.227 e. The second-order valence-corrected chi connectivity index (χ2v) is 7.22. The molecular weight excluding hydrogens is 330 g/mol. The van der Waals surface area contributed by atoms with Crippen LogP contribution in [0.5, 0.6) is 0 Å². The van der Waals surface area contributed by atoms with Gasteiger partial charge in [0.25, 0.3) is 0 Å². The summed E-state index contributed by atoms with van der Waals surface area (Å²) in [6.07, 6.45) is 1.13. The Labute approximate surface area is 153 Å². The lowest BCUT2D eigenvalue weighted by atomic mass is 9.97. The molecule has 2 aliphatic rings. The van der Waals surface area contributed by atoms with E-state index in [1.165, 1.54) is 0 Å². The highest BCUT2D eigenvalue weighted by Crippen LogP contribution is 2.18. The van der Waals surface area contributed by atoms with Gasteiger partial charge in [0.1, 0.15) is 5.82 Å². The van der Waals surface area contributed by atoms with E-state index in [0.717, 1.165) is 49.6 Å². The number of nitrogens with zero attached hydrogens (tertiary/aromatic N) is 4. The summed E-state index contributed by atoms with van der Waals surface area (Å²) >= 11 is 0. The number of fused-ring (bicyclic) bond motifs is 1. The number of piperazine rings is 1. The Bertz CT molecular complexity index is 812. The van der Waals surface area contributed by atoms with Crippen LogP contribution in [0.25, 0.3) is 11.0 Å². The number of para-hydroxylation sites is 2. The number of piperidine rings is 1. The molecule has 4 rings (SSSR count). The van der Waals surface area contributed by atoms with Crippen molar-refractivity contribution < 1.29 is 9.59 Å². The summed E-state index contributed by atoms with van der Waals surface area (Å²) in [7, 11) is 2.06. The molecule has 1 atom stereocenters. The van der Waals surface area contributed by atoms with Crippen LogP contribution in [-0.4, -0.2) is 63.9 Å². The number of carbonyl (C=O) groups excluding carboxylic acids is 2. The van der Waals surface area contributed by atoms with Crippen LogP contribution in [0.4, 0.5) is 0 Å². The van der Waals surface area contributed by atoms with Crippen molar-refractivity contribution in [2.75, 3.05) is 32.7 Å². The van der Waals surface area contributed by atoms with E-state index < -0.39 is 0 Å². The Kier molecular flexibility index (Phi) is 4.63. The van der Waals surface area contributed by atoms with E-state index in [1.54, 1.807) is 0 Å². The highest BCUT2D eigenvalue weighted by molar-refractivity contribution is 5.83. The van der Waals surface area contributed by atoms with Crippen molar-refractivity contribution in [2.24, 2.45) is 13.0 Å². The third kappa shape index (κ3) is 3.31. The predicted molar refractivity (Wildman–Crippen MR) is 98.3 cm³/mol. The van der Waals surface area contributed by atoms with Crippen LogP contribution in [0, 0.1) is 5.92 Å². The first kappa shape index (κ1) is 17.0. The normalized spacial score (nSPS) is 21.8. The Morgan fingerprint density at radius 2 is 2.00 bits per heavy atom. The largest absolute Gasteiger partial charge is 0.355 e. The maximum absolute atomic E-state index is 12.6. The van der Waals surface area contributed by atoms with Crippen LogP contribution in [0.15, 0.2) is 24.3 Å². The Balaban J connectivity index is 1.34. The number of benzene rings is 1. The number of aromatic nitrogens is 2. The molecule has 1 unspecified atom stereocenters. The number of hydrogen-bond acceptors (Lipinski definition) is 4. The van der Waals surface area contributed by atoms with Gasteiger partial charge in [-0.25, -0.2) is 4.98 Å². The van der Waals surface area contributed by atoms with Crippen molar-refractivity contribution in [2.45, 2.75) is 19.4 Å². The number of nitrogens with one attached hydrogen (secondary N) is 1. The van der Waals surface area contributed by atoms with Crippen molar-refractivity contribution in [3.05, 3.63) is 30.1 Å². The predicted octanol–water partition coefficient (Wildman–Crippen LogP) is 0.744. The summed E-state index contributed by atoms with van der Waals surface area (Å²) in [4.78, 5) is 33.0. The summed E-state index contributed by atoms with van der Waals surface area (Å²) in [6, 6.07) is 8.17. The molecule has 2 aliphatic heterocycles. The van der Waals surface area contributed by atoms with E-state index in [4.69, 9.17) is 4.98 Å². The zero-order valence-electron chi connectivity index (χ0n) is 15.1. The molecular formula is C19H25N5O2. The second kappa shape index (κ2) is 7.07. The molecule has 0 radical (unpaired) electrons. The van der Waals surface area contributed by atoms with E-state index in [0.29, 0.717) is 19.4 Å². The average Bonchev–Trinajstić information content (AvgIpc) is 2.98. The van der Waals surface area contributed by atoms with Gasteiger partial charge in [0.2, 0.25) is 11.8 Å². The summed E-state index contributed by atoms with van der Waals surface area (Å²) in [5, 5.41) is 2.80. The van der Waals surface area contributed by atoms with Gasteiger partial charge in [-0.15, -0.1) is 0 Å². The molecule has 1 N–H and O–H groups in total.